The molecule has 2 rings (SSSR count). The van der Waals surface area contributed by atoms with E-state index in [1.807, 2.05) is 18.2 Å². The average Bonchev–Trinajstić information content (AvgIpc) is 2.81. The van der Waals surface area contributed by atoms with Crippen LogP contribution in [0.5, 0.6) is 11.5 Å². The van der Waals surface area contributed by atoms with Crippen molar-refractivity contribution in [2.45, 2.75) is 19.5 Å². The predicted octanol–water partition coefficient (Wildman–Crippen LogP) is 1.14. The van der Waals surface area contributed by atoms with Crippen LogP contribution in [0.4, 0.5) is 0 Å². The molecule has 0 saturated heterocycles. The summed E-state index contributed by atoms with van der Waals surface area (Å²) in [5, 5.41) is 6.51. The Balaban J connectivity index is 2.03. The summed E-state index contributed by atoms with van der Waals surface area (Å²) in [6, 6.07) is 6.16. The number of benzene rings is 1. The third-order valence-corrected chi connectivity index (χ3v) is 2.84. The lowest BCUT2D eigenvalue weighted by atomic mass is 10.2. The predicted molar refractivity (Wildman–Crippen MR) is 71.3 cm³/mol. The molecular weight excluding hydrogens is 230 g/mol. The number of nitrogens with zero attached hydrogens (tertiary/aromatic N) is 1. The second-order valence-electron chi connectivity index (χ2n) is 4.27. The van der Waals surface area contributed by atoms with Gasteiger partial charge in [-0.2, -0.15) is 0 Å². The first kappa shape index (κ1) is 12.5. The molecule has 1 aromatic carbocycles. The molecule has 0 radical (unpaired) electrons. The summed E-state index contributed by atoms with van der Waals surface area (Å²) in [6.07, 6.45) is 0. The molecule has 98 valence electrons. The van der Waals surface area contributed by atoms with Gasteiger partial charge in [0, 0.05) is 18.2 Å². The SMILES string of the molecule is COc1ccc(OC)c(CNC2=NCC(C)N2)c1. The van der Waals surface area contributed by atoms with Gasteiger partial charge in [-0.1, -0.05) is 0 Å². The van der Waals surface area contributed by atoms with E-state index in [1.165, 1.54) is 0 Å². The van der Waals surface area contributed by atoms with E-state index in [0.29, 0.717) is 12.6 Å². The topological polar surface area (TPSA) is 54.9 Å². The first-order valence-electron chi connectivity index (χ1n) is 5.98. The number of rotatable bonds is 4. The molecule has 1 unspecified atom stereocenters. The lowest BCUT2D eigenvalue weighted by Crippen LogP contribution is -2.37. The van der Waals surface area contributed by atoms with Crippen LogP contribution in [0.3, 0.4) is 0 Å². The van der Waals surface area contributed by atoms with Gasteiger partial charge in [0.05, 0.1) is 20.8 Å². The highest BCUT2D eigenvalue weighted by atomic mass is 16.5. The average molecular weight is 249 g/mol. The van der Waals surface area contributed by atoms with Crippen LogP contribution in [-0.4, -0.2) is 32.8 Å². The number of hydrogen-bond acceptors (Lipinski definition) is 5. The molecule has 0 spiro atoms. The maximum absolute atomic E-state index is 5.33. The van der Waals surface area contributed by atoms with Crippen LogP contribution in [0.2, 0.25) is 0 Å². The molecule has 5 nitrogen and oxygen atoms in total. The summed E-state index contributed by atoms with van der Waals surface area (Å²) in [4.78, 5) is 4.35. The number of hydrogen-bond donors (Lipinski definition) is 2. The fourth-order valence-electron chi connectivity index (χ4n) is 1.86. The van der Waals surface area contributed by atoms with Crippen molar-refractivity contribution in [1.29, 1.82) is 0 Å². The maximum Gasteiger partial charge on any atom is 0.191 e. The molecule has 1 aromatic rings. The molecule has 18 heavy (non-hydrogen) atoms. The molecule has 1 heterocycles. The quantitative estimate of drug-likeness (QED) is 0.840. The summed E-state index contributed by atoms with van der Waals surface area (Å²) in [5.74, 6) is 2.50. The van der Waals surface area contributed by atoms with Crippen LogP contribution in [0.1, 0.15) is 12.5 Å². The van der Waals surface area contributed by atoms with E-state index in [4.69, 9.17) is 9.47 Å². The van der Waals surface area contributed by atoms with Crippen LogP contribution >= 0.6 is 0 Å². The van der Waals surface area contributed by atoms with E-state index in [0.717, 1.165) is 29.6 Å². The van der Waals surface area contributed by atoms with Crippen LogP contribution in [-0.2, 0) is 6.54 Å². The fourth-order valence-corrected chi connectivity index (χ4v) is 1.86. The van der Waals surface area contributed by atoms with Gasteiger partial charge in [-0.05, 0) is 25.1 Å². The van der Waals surface area contributed by atoms with Gasteiger partial charge in [-0.15, -0.1) is 0 Å². The Labute approximate surface area is 107 Å². The zero-order valence-electron chi connectivity index (χ0n) is 11.0. The molecule has 0 bridgehead atoms. The van der Waals surface area contributed by atoms with Crippen molar-refractivity contribution in [2.75, 3.05) is 20.8 Å². The fraction of sp³-hybridized carbons (Fsp3) is 0.462. The molecule has 0 amide bonds. The third-order valence-electron chi connectivity index (χ3n) is 2.84. The first-order chi connectivity index (χ1) is 8.72. The van der Waals surface area contributed by atoms with Crippen LogP contribution in [0.15, 0.2) is 23.2 Å². The highest BCUT2D eigenvalue weighted by molar-refractivity contribution is 5.81. The Morgan fingerprint density at radius 1 is 1.39 bits per heavy atom. The molecule has 1 aliphatic heterocycles. The van der Waals surface area contributed by atoms with E-state index < -0.39 is 0 Å². The number of methoxy groups -OCH3 is 2. The first-order valence-corrected chi connectivity index (χ1v) is 5.98. The van der Waals surface area contributed by atoms with Gasteiger partial charge < -0.3 is 20.1 Å². The van der Waals surface area contributed by atoms with Crippen molar-refractivity contribution in [3.05, 3.63) is 23.8 Å². The molecule has 1 aliphatic rings. The van der Waals surface area contributed by atoms with Crippen molar-refractivity contribution in [1.82, 2.24) is 10.6 Å². The Hall–Kier alpha value is -1.91. The Kier molecular flexibility index (Phi) is 3.92. The largest absolute Gasteiger partial charge is 0.497 e. The standard InChI is InChI=1S/C13H19N3O2/c1-9-7-14-13(16-9)15-8-10-6-11(17-2)4-5-12(10)18-3/h4-6,9H,7-8H2,1-3H3,(H2,14,15,16). The molecule has 1 atom stereocenters. The second kappa shape index (κ2) is 5.62. The summed E-state index contributed by atoms with van der Waals surface area (Å²) in [6.45, 7) is 3.57. The summed E-state index contributed by atoms with van der Waals surface area (Å²) >= 11 is 0. The van der Waals surface area contributed by atoms with Crippen LogP contribution in [0, 0.1) is 0 Å². The third kappa shape index (κ3) is 2.85. The number of guanidine groups is 1. The normalized spacial score (nSPS) is 17.9. The van der Waals surface area contributed by atoms with E-state index in [1.54, 1.807) is 14.2 Å². The van der Waals surface area contributed by atoms with E-state index in [2.05, 4.69) is 22.5 Å². The van der Waals surface area contributed by atoms with Crippen LogP contribution in [0.25, 0.3) is 0 Å². The zero-order chi connectivity index (χ0) is 13.0. The Bertz CT molecular complexity index is 446. The van der Waals surface area contributed by atoms with Gasteiger partial charge >= 0.3 is 0 Å². The van der Waals surface area contributed by atoms with Crippen molar-refractivity contribution in [3.8, 4) is 11.5 Å². The summed E-state index contributed by atoms with van der Waals surface area (Å²) < 4.78 is 10.5. The summed E-state index contributed by atoms with van der Waals surface area (Å²) in [5.41, 5.74) is 1.04. The molecule has 0 fully saturated rings. The van der Waals surface area contributed by atoms with E-state index in [9.17, 15) is 0 Å². The Morgan fingerprint density at radius 3 is 2.83 bits per heavy atom. The highest BCUT2D eigenvalue weighted by Gasteiger charge is 2.12. The lowest BCUT2D eigenvalue weighted by Gasteiger charge is -2.12. The second-order valence-corrected chi connectivity index (χ2v) is 4.27. The van der Waals surface area contributed by atoms with E-state index >= 15 is 0 Å². The highest BCUT2D eigenvalue weighted by Crippen LogP contribution is 2.23. The minimum absolute atomic E-state index is 0.403. The van der Waals surface area contributed by atoms with Gasteiger partial charge in [-0.3, -0.25) is 4.99 Å². The molecule has 0 aromatic heterocycles. The zero-order valence-corrected chi connectivity index (χ0v) is 11.0. The van der Waals surface area contributed by atoms with Gasteiger partial charge in [0.1, 0.15) is 11.5 Å². The van der Waals surface area contributed by atoms with Crippen LogP contribution < -0.4 is 20.1 Å². The maximum atomic E-state index is 5.33. The monoisotopic (exact) mass is 249 g/mol. The number of aliphatic imine (C=N–C) groups is 1. The minimum atomic E-state index is 0.403. The minimum Gasteiger partial charge on any atom is -0.497 e. The number of nitrogens with one attached hydrogen (secondary N) is 2. The lowest BCUT2D eigenvalue weighted by molar-refractivity contribution is 0.398. The van der Waals surface area contributed by atoms with Crippen molar-refractivity contribution < 1.29 is 9.47 Å². The van der Waals surface area contributed by atoms with Crippen molar-refractivity contribution in [3.63, 3.8) is 0 Å². The molecule has 0 aliphatic carbocycles. The number of ether oxygens (including phenoxy) is 2. The van der Waals surface area contributed by atoms with Gasteiger partial charge in [0.2, 0.25) is 0 Å². The molecule has 2 N–H and O–H groups in total. The van der Waals surface area contributed by atoms with Crippen molar-refractivity contribution in [2.24, 2.45) is 4.99 Å². The van der Waals surface area contributed by atoms with Crippen molar-refractivity contribution >= 4 is 5.96 Å². The van der Waals surface area contributed by atoms with Gasteiger partial charge in [-0.25, -0.2) is 0 Å². The van der Waals surface area contributed by atoms with Gasteiger partial charge in [0.25, 0.3) is 0 Å². The summed E-state index contributed by atoms with van der Waals surface area (Å²) in [7, 11) is 3.32. The van der Waals surface area contributed by atoms with E-state index in [-0.39, 0.29) is 0 Å². The van der Waals surface area contributed by atoms with Gasteiger partial charge in [0.15, 0.2) is 5.96 Å². The smallest absolute Gasteiger partial charge is 0.191 e. The molecule has 0 saturated carbocycles. The molecule has 5 heteroatoms. The Morgan fingerprint density at radius 2 is 2.22 bits per heavy atom. The molecular formula is C13H19N3O2.